The van der Waals surface area contributed by atoms with Crippen molar-refractivity contribution >= 4 is 5.91 Å². The lowest BCUT2D eigenvalue weighted by Gasteiger charge is -2.37. The molecule has 88 valence electrons. The van der Waals surface area contributed by atoms with E-state index < -0.39 is 0 Å². The Morgan fingerprint density at radius 1 is 1.60 bits per heavy atom. The second-order valence-corrected chi connectivity index (χ2v) is 4.36. The zero-order valence-electron chi connectivity index (χ0n) is 9.90. The fourth-order valence-electron chi connectivity index (χ4n) is 1.84. The minimum atomic E-state index is 0.00163. The molecule has 0 bridgehead atoms. The third-order valence-corrected chi connectivity index (χ3v) is 2.93. The third-order valence-electron chi connectivity index (χ3n) is 2.93. The molecule has 3 atom stereocenters. The van der Waals surface area contributed by atoms with Crippen LogP contribution in [0.4, 0.5) is 0 Å². The number of carbonyl (C=O) groups is 1. The molecule has 0 saturated carbocycles. The number of hydrogen-bond donors (Lipinski definition) is 1. The Bertz CT molecular complexity index is 221. The lowest BCUT2D eigenvalue weighted by molar-refractivity contribution is -0.147. The van der Waals surface area contributed by atoms with Gasteiger partial charge in [-0.05, 0) is 13.3 Å². The van der Waals surface area contributed by atoms with Gasteiger partial charge in [-0.1, -0.05) is 13.8 Å². The number of amides is 1. The monoisotopic (exact) mass is 214 g/mol. The Labute approximate surface area is 91.8 Å². The van der Waals surface area contributed by atoms with Crippen LogP contribution in [0.15, 0.2) is 0 Å². The third kappa shape index (κ3) is 3.18. The highest BCUT2D eigenvalue weighted by molar-refractivity contribution is 5.78. The molecule has 1 saturated heterocycles. The Morgan fingerprint density at radius 3 is 2.80 bits per heavy atom. The molecular formula is C11H22N2O2. The molecule has 1 aliphatic rings. The zero-order chi connectivity index (χ0) is 11.4. The molecule has 1 fully saturated rings. The average Bonchev–Trinajstić information content (AvgIpc) is 2.26. The van der Waals surface area contributed by atoms with Crippen LogP contribution in [-0.2, 0) is 9.53 Å². The van der Waals surface area contributed by atoms with Crippen molar-refractivity contribution < 1.29 is 9.53 Å². The van der Waals surface area contributed by atoms with Gasteiger partial charge >= 0.3 is 0 Å². The van der Waals surface area contributed by atoms with E-state index >= 15 is 0 Å². The van der Waals surface area contributed by atoms with E-state index in [1.165, 1.54) is 0 Å². The molecule has 0 aromatic rings. The Kier molecular flexibility index (Phi) is 4.54. The average molecular weight is 214 g/mol. The predicted octanol–water partition coefficient (Wildman–Crippen LogP) is 0.607. The fraction of sp³-hybridized carbons (Fsp3) is 0.909. The van der Waals surface area contributed by atoms with Gasteiger partial charge in [-0.3, -0.25) is 4.79 Å². The molecule has 15 heavy (non-hydrogen) atoms. The lowest BCUT2D eigenvalue weighted by Crippen LogP contribution is -2.52. The van der Waals surface area contributed by atoms with E-state index in [0.29, 0.717) is 19.6 Å². The van der Waals surface area contributed by atoms with Gasteiger partial charge in [0.05, 0.1) is 12.2 Å². The van der Waals surface area contributed by atoms with Crippen LogP contribution in [0.5, 0.6) is 0 Å². The number of hydrogen-bond acceptors (Lipinski definition) is 3. The minimum Gasteiger partial charge on any atom is -0.370 e. The number of ether oxygens (including phenoxy) is 1. The largest absolute Gasteiger partial charge is 0.370 e. The molecule has 1 aliphatic heterocycles. The van der Waals surface area contributed by atoms with Crippen LogP contribution in [0.2, 0.25) is 0 Å². The number of nitrogens with zero attached hydrogens (tertiary/aromatic N) is 1. The van der Waals surface area contributed by atoms with E-state index in [4.69, 9.17) is 10.5 Å². The maximum atomic E-state index is 12.0. The second kappa shape index (κ2) is 5.47. The quantitative estimate of drug-likeness (QED) is 0.749. The molecule has 0 aromatic heterocycles. The molecule has 0 aromatic carbocycles. The molecule has 1 amide bonds. The van der Waals surface area contributed by atoms with Crippen molar-refractivity contribution in [3.63, 3.8) is 0 Å². The van der Waals surface area contributed by atoms with Gasteiger partial charge < -0.3 is 15.4 Å². The molecular weight excluding hydrogens is 192 g/mol. The van der Waals surface area contributed by atoms with Crippen molar-refractivity contribution in [1.29, 1.82) is 0 Å². The Hall–Kier alpha value is -0.610. The van der Waals surface area contributed by atoms with Gasteiger partial charge in [0.25, 0.3) is 0 Å². The van der Waals surface area contributed by atoms with Crippen LogP contribution in [0.1, 0.15) is 27.2 Å². The summed E-state index contributed by atoms with van der Waals surface area (Å²) in [5, 5.41) is 0. The first kappa shape index (κ1) is 12.5. The van der Waals surface area contributed by atoms with Crippen LogP contribution < -0.4 is 5.73 Å². The van der Waals surface area contributed by atoms with E-state index in [2.05, 4.69) is 0 Å². The van der Waals surface area contributed by atoms with E-state index in [-0.39, 0.29) is 24.0 Å². The first-order chi connectivity index (χ1) is 7.08. The van der Waals surface area contributed by atoms with Crippen molar-refractivity contribution in [2.75, 3.05) is 19.6 Å². The van der Waals surface area contributed by atoms with Crippen LogP contribution in [0, 0.1) is 5.92 Å². The smallest absolute Gasteiger partial charge is 0.225 e. The fourth-order valence-corrected chi connectivity index (χ4v) is 1.84. The predicted molar refractivity (Wildman–Crippen MR) is 59.4 cm³/mol. The summed E-state index contributed by atoms with van der Waals surface area (Å²) in [6.07, 6.45) is 0.986. The molecule has 0 spiro atoms. The standard InChI is InChI=1S/C11H22N2O2/c1-4-8(2)11(14)13-6-9(3)15-10(5-12)7-13/h8-10H,4-7,12H2,1-3H3. The SMILES string of the molecule is CCC(C)C(=O)N1CC(C)OC(CN)C1. The maximum absolute atomic E-state index is 12.0. The summed E-state index contributed by atoms with van der Waals surface area (Å²) in [6, 6.07) is 0. The van der Waals surface area contributed by atoms with Gasteiger partial charge in [-0.2, -0.15) is 0 Å². The van der Waals surface area contributed by atoms with E-state index in [0.717, 1.165) is 6.42 Å². The van der Waals surface area contributed by atoms with Gasteiger partial charge in [0.15, 0.2) is 0 Å². The number of rotatable bonds is 3. The van der Waals surface area contributed by atoms with Crippen molar-refractivity contribution in [2.45, 2.75) is 39.4 Å². The summed E-state index contributed by atoms with van der Waals surface area (Å²) >= 11 is 0. The van der Waals surface area contributed by atoms with Gasteiger partial charge in [0.1, 0.15) is 0 Å². The zero-order valence-corrected chi connectivity index (χ0v) is 9.90. The Morgan fingerprint density at radius 2 is 2.27 bits per heavy atom. The molecule has 4 heteroatoms. The first-order valence-corrected chi connectivity index (χ1v) is 5.72. The molecule has 1 rings (SSSR count). The van der Waals surface area contributed by atoms with Crippen molar-refractivity contribution in [3.05, 3.63) is 0 Å². The summed E-state index contributed by atoms with van der Waals surface area (Å²) in [5.41, 5.74) is 5.57. The van der Waals surface area contributed by atoms with Gasteiger partial charge in [-0.25, -0.2) is 0 Å². The molecule has 0 aliphatic carbocycles. The molecule has 3 unspecified atom stereocenters. The molecule has 4 nitrogen and oxygen atoms in total. The van der Waals surface area contributed by atoms with E-state index in [1.54, 1.807) is 0 Å². The summed E-state index contributed by atoms with van der Waals surface area (Å²) in [6.45, 7) is 7.81. The second-order valence-electron chi connectivity index (χ2n) is 4.36. The summed E-state index contributed by atoms with van der Waals surface area (Å²) in [4.78, 5) is 13.9. The molecule has 1 heterocycles. The number of morpholine rings is 1. The topological polar surface area (TPSA) is 55.6 Å². The summed E-state index contributed by atoms with van der Waals surface area (Å²) in [5.74, 6) is 0.333. The molecule has 0 radical (unpaired) electrons. The van der Waals surface area contributed by atoms with Crippen molar-refractivity contribution in [1.82, 2.24) is 4.90 Å². The summed E-state index contributed by atoms with van der Waals surface area (Å²) < 4.78 is 5.61. The van der Waals surface area contributed by atoms with Crippen molar-refractivity contribution in [3.8, 4) is 0 Å². The van der Waals surface area contributed by atoms with Crippen molar-refractivity contribution in [2.24, 2.45) is 11.7 Å². The summed E-state index contributed by atoms with van der Waals surface area (Å²) in [7, 11) is 0. The highest BCUT2D eigenvalue weighted by atomic mass is 16.5. The first-order valence-electron chi connectivity index (χ1n) is 5.72. The molecule has 2 N–H and O–H groups in total. The lowest BCUT2D eigenvalue weighted by atomic mass is 10.1. The normalized spacial score (nSPS) is 28.9. The number of nitrogens with two attached hydrogens (primary N) is 1. The Balaban J connectivity index is 2.57. The highest BCUT2D eigenvalue weighted by Crippen LogP contribution is 2.14. The van der Waals surface area contributed by atoms with Gasteiger partial charge in [-0.15, -0.1) is 0 Å². The van der Waals surface area contributed by atoms with Gasteiger partial charge in [0.2, 0.25) is 5.91 Å². The highest BCUT2D eigenvalue weighted by Gasteiger charge is 2.29. The minimum absolute atomic E-state index is 0.00163. The van der Waals surface area contributed by atoms with Crippen LogP contribution in [0.25, 0.3) is 0 Å². The number of carbonyl (C=O) groups excluding carboxylic acids is 1. The van der Waals surface area contributed by atoms with E-state index in [1.807, 2.05) is 25.7 Å². The van der Waals surface area contributed by atoms with Crippen LogP contribution in [0.3, 0.4) is 0 Å². The van der Waals surface area contributed by atoms with Crippen LogP contribution >= 0.6 is 0 Å². The van der Waals surface area contributed by atoms with Crippen LogP contribution in [-0.4, -0.2) is 42.6 Å². The van der Waals surface area contributed by atoms with Gasteiger partial charge in [0, 0.05) is 25.6 Å². The van der Waals surface area contributed by atoms with E-state index in [9.17, 15) is 4.79 Å². The maximum Gasteiger partial charge on any atom is 0.225 e.